The smallest absolute Gasteiger partial charge is 0.333 e. The summed E-state index contributed by atoms with van der Waals surface area (Å²) in [5, 5.41) is 10.4. The van der Waals surface area contributed by atoms with E-state index >= 15 is 0 Å². The van der Waals surface area contributed by atoms with Gasteiger partial charge in [-0.05, 0) is 24.1 Å². The summed E-state index contributed by atoms with van der Waals surface area (Å²) in [6.45, 7) is 0. The zero-order chi connectivity index (χ0) is 17.0. The van der Waals surface area contributed by atoms with E-state index in [2.05, 4.69) is 0 Å². The summed E-state index contributed by atoms with van der Waals surface area (Å²) in [7, 11) is -1.33. The van der Waals surface area contributed by atoms with Crippen molar-refractivity contribution in [3.05, 3.63) is 96.6 Å². The Kier molecular flexibility index (Phi) is 4.75. The lowest BCUT2D eigenvalue weighted by Gasteiger charge is -2.35. The summed E-state index contributed by atoms with van der Waals surface area (Å²) in [6, 6.07) is 28.4. The van der Waals surface area contributed by atoms with Gasteiger partial charge in [-0.1, -0.05) is 91.0 Å². The van der Waals surface area contributed by atoms with Crippen LogP contribution in [0.4, 0.5) is 0 Å². The van der Waals surface area contributed by atoms with Gasteiger partial charge >= 0.3 is 5.97 Å². The van der Waals surface area contributed by atoms with E-state index in [0.717, 1.165) is 10.6 Å². The molecule has 0 aliphatic rings. The first-order chi connectivity index (χ1) is 11.6. The quantitative estimate of drug-likeness (QED) is 0.705. The van der Waals surface area contributed by atoms with Crippen LogP contribution in [0.5, 0.6) is 0 Å². The van der Waals surface area contributed by atoms with Gasteiger partial charge in [0, 0.05) is 0 Å². The van der Waals surface area contributed by atoms with Crippen LogP contribution in [0.2, 0.25) is 0 Å². The molecule has 3 aromatic rings. The zero-order valence-electron chi connectivity index (χ0n) is 13.0. The Morgan fingerprint density at radius 2 is 1.12 bits per heavy atom. The molecule has 0 fully saturated rings. The van der Waals surface area contributed by atoms with Crippen LogP contribution >= 0.6 is 7.92 Å². The summed E-state index contributed by atoms with van der Waals surface area (Å²) in [4.78, 5) is 12.3. The van der Waals surface area contributed by atoms with Crippen LogP contribution in [0, 0.1) is 0 Å². The minimum atomic E-state index is -1.50. The number of aliphatic carboxylic acids is 1. The highest BCUT2D eigenvalue weighted by Crippen LogP contribution is 2.51. The number of hydrogen-bond acceptors (Lipinski definition) is 2. The maximum absolute atomic E-state index is 12.3. The molecule has 3 aromatic carbocycles. The molecule has 3 N–H and O–H groups in total. The molecule has 0 heterocycles. The van der Waals surface area contributed by atoms with Gasteiger partial charge in [0.25, 0.3) is 0 Å². The van der Waals surface area contributed by atoms with Crippen LogP contribution < -0.4 is 16.3 Å². The first-order valence-corrected chi connectivity index (χ1v) is 8.96. The van der Waals surface area contributed by atoms with Gasteiger partial charge in [0.1, 0.15) is 0 Å². The summed E-state index contributed by atoms with van der Waals surface area (Å²) < 4.78 is 0. The van der Waals surface area contributed by atoms with Crippen LogP contribution in [0.15, 0.2) is 91.0 Å². The minimum Gasteiger partial charge on any atom is -0.479 e. The molecular weight excluding hydrogens is 317 g/mol. The molecule has 0 amide bonds. The molecule has 1 atom stereocenters. The molecule has 3 rings (SSSR count). The Bertz CT molecular complexity index is 769. The highest BCUT2D eigenvalue weighted by atomic mass is 31.1. The second-order valence-corrected chi connectivity index (χ2v) is 7.85. The number of carbonyl (C=O) groups is 1. The predicted molar refractivity (Wildman–Crippen MR) is 99.0 cm³/mol. The van der Waals surface area contributed by atoms with Crippen LogP contribution in [0.3, 0.4) is 0 Å². The molecule has 0 aliphatic heterocycles. The van der Waals surface area contributed by atoms with E-state index in [1.807, 2.05) is 78.9 Å². The fourth-order valence-corrected chi connectivity index (χ4v) is 5.40. The second-order valence-electron chi connectivity index (χ2n) is 5.44. The molecular formula is C20H18NO2P. The Morgan fingerprint density at radius 1 is 0.750 bits per heavy atom. The van der Waals surface area contributed by atoms with Crippen LogP contribution in [0.25, 0.3) is 0 Å². The van der Waals surface area contributed by atoms with Gasteiger partial charge in [0.05, 0.1) is 0 Å². The van der Waals surface area contributed by atoms with E-state index in [-0.39, 0.29) is 0 Å². The third-order valence-corrected chi connectivity index (χ3v) is 6.71. The summed E-state index contributed by atoms with van der Waals surface area (Å²) in [6.07, 6.45) is 0. The van der Waals surface area contributed by atoms with Gasteiger partial charge in [-0.25, -0.2) is 4.79 Å². The van der Waals surface area contributed by atoms with Crippen molar-refractivity contribution in [1.29, 1.82) is 0 Å². The Labute approximate surface area is 142 Å². The molecule has 0 spiro atoms. The first kappa shape index (κ1) is 16.4. The van der Waals surface area contributed by atoms with Gasteiger partial charge in [-0.15, -0.1) is 0 Å². The number of carboxylic acids is 1. The highest BCUT2D eigenvalue weighted by Gasteiger charge is 2.45. The van der Waals surface area contributed by atoms with Crippen molar-refractivity contribution in [1.82, 2.24) is 0 Å². The molecule has 1 unspecified atom stereocenters. The first-order valence-electron chi connectivity index (χ1n) is 7.62. The van der Waals surface area contributed by atoms with E-state index in [4.69, 9.17) is 5.73 Å². The highest BCUT2D eigenvalue weighted by molar-refractivity contribution is 7.74. The zero-order valence-corrected chi connectivity index (χ0v) is 13.9. The van der Waals surface area contributed by atoms with E-state index < -0.39 is 19.2 Å². The van der Waals surface area contributed by atoms with Crippen molar-refractivity contribution in [3.8, 4) is 0 Å². The third kappa shape index (κ3) is 2.96. The van der Waals surface area contributed by atoms with Gasteiger partial charge < -0.3 is 10.8 Å². The second kappa shape index (κ2) is 6.96. The Hall–Kier alpha value is -2.48. The van der Waals surface area contributed by atoms with Crippen LogP contribution in [-0.4, -0.2) is 11.1 Å². The van der Waals surface area contributed by atoms with Crippen LogP contribution in [0.1, 0.15) is 5.56 Å². The van der Waals surface area contributed by atoms with E-state index in [9.17, 15) is 9.90 Å². The van der Waals surface area contributed by atoms with Gasteiger partial charge in [0.2, 0.25) is 0 Å². The van der Waals surface area contributed by atoms with Crippen molar-refractivity contribution >= 4 is 24.5 Å². The van der Waals surface area contributed by atoms with Crippen molar-refractivity contribution < 1.29 is 9.90 Å². The summed E-state index contributed by atoms with van der Waals surface area (Å²) in [5.41, 5.74) is 7.21. The molecule has 120 valence electrons. The lowest BCUT2D eigenvalue weighted by atomic mass is 10.1. The van der Waals surface area contributed by atoms with Gasteiger partial charge in [-0.2, -0.15) is 0 Å². The molecule has 0 bridgehead atoms. The molecule has 0 saturated carbocycles. The van der Waals surface area contributed by atoms with E-state index in [1.54, 1.807) is 12.1 Å². The van der Waals surface area contributed by atoms with Crippen molar-refractivity contribution in [2.75, 3.05) is 0 Å². The van der Waals surface area contributed by atoms with Crippen molar-refractivity contribution in [2.45, 2.75) is 5.28 Å². The number of benzene rings is 3. The third-order valence-electron chi connectivity index (χ3n) is 3.92. The number of hydrogen-bond donors (Lipinski definition) is 2. The SMILES string of the molecule is NC(C(=O)O)(c1ccccc1)P(c1ccccc1)c1ccccc1. The van der Waals surface area contributed by atoms with Gasteiger partial charge in [0.15, 0.2) is 5.28 Å². The normalized spacial score (nSPS) is 13.4. The average molecular weight is 335 g/mol. The van der Waals surface area contributed by atoms with Crippen molar-refractivity contribution in [2.24, 2.45) is 5.73 Å². The van der Waals surface area contributed by atoms with E-state index in [0.29, 0.717) is 5.56 Å². The molecule has 24 heavy (non-hydrogen) atoms. The molecule has 3 nitrogen and oxygen atoms in total. The molecule has 4 heteroatoms. The Morgan fingerprint density at radius 3 is 1.50 bits per heavy atom. The van der Waals surface area contributed by atoms with Gasteiger partial charge in [-0.3, -0.25) is 0 Å². The summed E-state index contributed by atoms with van der Waals surface area (Å²) in [5.74, 6) is -1.02. The fourth-order valence-electron chi connectivity index (χ4n) is 2.75. The van der Waals surface area contributed by atoms with E-state index in [1.165, 1.54) is 0 Å². The molecule has 0 radical (unpaired) electrons. The number of carboxylic acid groups (broad SMARTS) is 1. The fraction of sp³-hybridized carbons (Fsp3) is 0.0500. The number of nitrogens with two attached hydrogens (primary N) is 1. The lowest BCUT2D eigenvalue weighted by molar-refractivity contribution is -0.140. The molecule has 0 aliphatic carbocycles. The lowest BCUT2D eigenvalue weighted by Crippen LogP contribution is -2.47. The molecule has 0 saturated heterocycles. The largest absolute Gasteiger partial charge is 0.479 e. The maximum atomic E-state index is 12.3. The summed E-state index contributed by atoms with van der Waals surface area (Å²) >= 11 is 0. The Balaban J connectivity index is 2.25. The maximum Gasteiger partial charge on any atom is 0.333 e. The average Bonchev–Trinajstić information content (AvgIpc) is 2.64. The standard InChI is InChI=1S/C20H18NO2P/c21-20(19(22)23,16-10-4-1-5-11-16)24(17-12-6-2-7-13-17)18-14-8-3-9-15-18/h1-15H,21H2,(H,22,23). The monoisotopic (exact) mass is 335 g/mol. The topological polar surface area (TPSA) is 63.3 Å². The minimum absolute atomic E-state index is 0.608. The predicted octanol–water partition coefficient (Wildman–Crippen LogP) is 3.02. The van der Waals surface area contributed by atoms with Crippen LogP contribution in [-0.2, 0) is 10.1 Å². The molecule has 0 aromatic heterocycles. The number of rotatable bonds is 5. The van der Waals surface area contributed by atoms with Crippen molar-refractivity contribution in [3.63, 3.8) is 0 Å².